The standard InChI is InChI=1S/C16H31N3/c1-3-16(4-2)13-19(10-5-9-17-16)15-8-11-18(12-15)14-6-7-14/h14-15,17H,3-13H2,1-2H3. The van der Waals surface area contributed by atoms with Crippen LogP contribution in [0.4, 0.5) is 0 Å². The van der Waals surface area contributed by atoms with Gasteiger partial charge in [-0.15, -0.1) is 0 Å². The maximum atomic E-state index is 3.84. The van der Waals surface area contributed by atoms with Crippen LogP contribution in [0.5, 0.6) is 0 Å². The highest BCUT2D eigenvalue weighted by molar-refractivity contribution is 4.97. The Morgan fingerprint density at radius 2 is 1.79 bits per heavy atom. The van der Waals surface area contributed by atoms with E-state index in [1.807, 2.05) is 0 Å². The number of likely N-dealkylation sites (tertiary alicyclic amines) is 1. The van der Waals surface area contributed by atoms with Crippen LogP contribution in [0, 0.1) is 0 Å². The molecule has 1 saturated carbocycles. The Balaban J connectivity index is 1.62. The molecule has 19 heavy (non-hydrogen) atoms. The minimum absolute atomic E-state index is 0.378. The molecule has 1 aliphatic carbocycles. The van der Waals surface area contributed by atoms with E-state index in [2.05, 4.69) is 29.0 Å². The Morgan fingerprint density at radius 3 is 2.47 bits per heavy atom. The predicted molar refractivity (Wildman–Crippen MR) is 80.5 cm³/mol. The van der Waals surface area contributed by atoms with Gasteiger partial charge in [0.05, 0.1) is 0 Å². The molecule has 0 aromatic carbocycles. The number of hydrogen-bond acceptors (Lipinski definition) is 3. The van der Waals surface area contributed by atoms with Crippen molar-refractivity contribution < 1.29 is 0 Å². The van der Waals surface area contributed by atoms with Crippen LogP contribution in [0.1, 0.15) is 52.4 Å². The van der Waals surface area contributed by atoms with Gasteiger partial charge in [-0.25, -0.2) is 0 Å². The van der Waals surface area contributed by atoms with Crippen LogP contribution in [-0.2, 0) is 0 Å². The quantitative estimate of drug-likeness (QED) is 0.839. The van der Waals surface area contributed by atoms with Crippen molar-refractivity contribution in [3.63, 3.8) is 0 Å². The Bertz CT molecular complexity index is 296. The first-order valence-corrected chi connectivity index (χ1v) is 8.49. The molecule has 2 aliphatic heterocycles. The van der Waals surface area contributed by atoms with Gasteiger partial charge >= 0.3 is 0 Å². The van der Waals surface area contributed by atoms with Gasteiger partial charge in [0.1, 0.15) is 0 Å². The third kappa shape index (κ3) is 2.98. The van der Waals surface area contributed by atoms with Gasteiger partial charge in [-0.2, -0.15) is 0 Å². The summed E-state index contributed by atoms with van der Waals surface area (Å²) in [4.78, 5) is 5.57. The summed E-state index contributed by atoms with van der Waals surface area (Å²) in [6.45, 7) is 11.2. The van der Waals surface area contributed by atoms with Crippen LogP contribution in [0.2, 0.25) is 0 Å². The molecule has 0 bridgehead atoms. The van der Waals surface area contributed by atoms with Crippen LogP contribution in [0.15, 0.2) is 0 Å². The van der Waals surface area contributed by atoms with Crippen molar-refractivity contribution in [2.45, 2.75) is 70.0 Å². The fraction of sp³-hybridized carbons (Fsp3) is 1.00. The summed E-state index contributed by atoms with van der Waals surface area (Å²) in [5, 5.41) is 3.84. The van der Waals surface area contributed by atoms with Crippen molar-refractivity contribution in [3.8, 4) is 0 Å². The highest BCUT2D eigenvalue weighted by Crippen LogP contribution is 2.32. The fourth-order valence-corrected chi connectivity index (χ4v) is 4.03. The third-order valence-electron chi connectivity index (χ3n) is 5.76. The summed E-state index contributed by atoms with van der Waals surface area (Å²) in [6.07, 6.45) is 8.17. The molecule has 1 N–H and O–H groups in total. The second-order valence-electron chi connectivity index (χ2n) is 6.91. The van der Waals surface area contributed by atoms with Crippen LogP contribution in [-0.4, -0.2) is 60.1 Å². The maximum absolute atomic E-state index is 3.84. The Kier molecular flexibility index (Phi) is 4.16. The average Bonchev–Trinajstić information content (AvgIpc) is 3.22. The maximum Gasteiger partial charge on any atom is 0.0303 e. The van der Waals surface area contributed by atoms with Crippen molar-refractivity contribution in [1.29, 1.82) is 0 Å². The molecule has 0 radical (unpaired) electrons. The smallest absolute Gasteiger partial charge is 0.0303 e. The summed E-state index contributed by atoms with van der Waals surface area (Å²) in [5.41, 5.74) is 0.378. The minimum atomic E-state index is 0.378. The van der Waals surface area contributed by atoms with Gasteiger partial charge in [0.2, 0.25) is 0 Å². The van der Waals surface area contributed by atoms with E-state index in [4.69, 9.17) is 0 Å². The Morgan fingerprint density at radius 1 is 1.00 bits per heavy atom. The van der Waals surface area contributed by atoms with Crippen LogP contribution >= 0.6 is 0 Å². The van der Waals surface area contributed by atoms with E-state index < -0.39 is 0 Å². The second kappa shape index (κ2) is 5.71. The lowest BCUT2D eigenvalue weighted by Gasteiger charge is -2.38. The molecule has 3 rings (SSSR count). The molecular weight excluding hydrogens is 234 g/mol. The van der Waals surface area contributed by atoms with Gasteiger partial charge in [0.25, 0.3) is 0 Å². The van der Waals surface area contributed by atoms with Crippen molar-refractivity contribution in [2.24, 2.45) is 0 Å². The van der Waals surface area contributed by atoms with Gasteiger partial charge in [-0.05, 0) is 51.6 Å². The van der Waals surface area contributed by atoms with E-state index in [1.54, 1.807) is 0 Å². The summed E-state index contributed by atoms with van der Waals surface area (Å²) in [5.74, 6) is 0. The van der Waals surface area contributed by atoms with Crippen molar-refractivity contribution in [3.05, 3.63) is 0 Å². The summed E-state index contributed by atoms with van der Waals surface area (Å²) < 4.78 is 0. The molecule has 3 heteroatoms. The molecule has 2 saturated heterocycles. The van der Waals surface area contributed by atoms with Crippen LogP contribution < -0.4 is 5.32 Å². The average molecular weight is 265 g/mol. The second-order valence-corrected chi connectivity index (χ2v) is 6.91. The van der Waals surface area contributed by atoms with E-state index in [1.165, 1.54) is 71.2 Å². The van der Waals surface area contributed by atoms with Crippen LogP contribution in [0.25, 0.3) is 0 Å². The predicted octanol–water partition coefficient (Wildman–Crippen LogP) is 2.08. The minimum Gasteiger partial charge on any atom is -0.310 e. The summed E-state index contributed by atoms with van der Waals surface area (Å²) in [7, 11) is 0. The van der Waals surface area contributed by atoms with E-state index >= 15 is 0 Å². The first kappa shape index (κ1) is 13.8. The molecule has 3 nitrogen and oxygen atoms in total. The Labute approximate surface area is 118 Å². The lowest BCUT2D eigenvalue weighted by molar-refractivity contribution is 0.147. The van der Waals surface area contributed by atoms with Gasteiger partial charge in [0.15, 0.2) is 0 Å². The molecule has 3 fully saturated rings. The van der Waals surface area contributed by atoms with Gasteiger partial charge in [-0.3, -0.25) is 9.80 Å². The first-order chi connectivity index (χ1) is 9.26. The van der Waals surface area contributed by atoms with Gasteiger partial charge < -0.3 is 5.32 Å². The number of nitrogens with zero attached hydrogens (tertiary/aromatic N) is 2. The van der Waals surface area contributed by atoms with Crippen LogP contribution in [0.3, 0.4) is 0 Å². The lowest BCUT2D eigenvalue weighted by Crippen LogP contribution is -2.53. The first-order valence-electron chi connectivity index (χ1n) is 8.49. The van der Waals surface area contributed by atoms with Crippen molar-refractivity contribution in [1.82, 2.24) is 15.1 Å². The zero-order chi connectivity index (χ0) is 13.3. The monoisotopic (exact) mass is 265 g/mol. The molecule has 0 aromatic heterocycles. The number of hydrogen-bond donors (Lipinski definition) is 1. The largest absolute Gasteiger partial charge is 0.310 e. The highest BCUT2D eigenvalue weighted by atomic mass is 15.3. The zero-order valence-electron chi connectivity index (χ0n) is 12.8. The zero-order valence-corrected chi connectivity index (χ0v) is 12.8. The SMILES string of the molecule is CCC1(CC)CN(C2CCN(C3CC3)C2)CCCN1. The van der Waals surface area contributed by atoms with E-state index in [-0.39, 0.29) is 0 Å². The van der Waals surface area contributed by atoms with E-state index in [9.17, 15) is 0 Å². The topological polar surface area (TPSA) is 18.5 Å². The van der Waals surface area contributed by atoms with E-state index in [0.29, 0.717) is 5.54 Å². The van der Waals surface area contributed by atoms with Crippen molar-refractivity contribution in [2.75, 3.05) is 32.7 Å². The molecule has 0 spiro atoms. The highest BCUT2D eigenvalue weighted by Gasteiger charge is 2.39. The lowest BCUT2D eigenvalue weighted by atomic mass is 9.92. The third-order valence-corrected chi connectivity index (χ3v) is 5.76. The molecule has 110 valence electrons. The normalized spacial score (nSPS) is 33.5. The summed E-state index contributed by atoms with van der Waals surface area (Å²) >= 11 is 0. The molecule has 1 unspecified atom stereocenters. The Hall–Kier alpha value is -0.120. The summed E-state index contributed by atoms with van der Waals surface area (Å²) in [6, 6.07) is 1.79. The van der Waals surface area contributed by atoms with E-state index in [0.717, 1.165) is 12.1 Å². The molecule has 0 amide bonds. The number of nitrogens with one attached hydrogen (secondary N) is 1. The van der Waals surface area contributed by atoms with Crippen molar-refractivity contribution >= 4 is 0 Å². The fourth-order valence-electron chi connectivity index (χ4n) is 4.03. The molecule has 3 aliphatic rings. The molecule has 2 heterocycles. The number of rotatable bonds is 4. The van der Waals surface area contributed by atoms with Gasteiger partial charge in [0, 0.05) is 37.3 Å². The molecule has 1 atom stereocenters. The molecule has 0 aromatic rings. The van der Waals surface area contributed by atoms with Gasteiger partial charge in [-0.1, -0.05) is 13.8 Å². The molecular formula is C16H31N3.